The molecule has 0 atom stereocenters. The first-order valence-corrected chi connectivity index (χ1v) is 8.57. The van der Waals surface area contributed by atoms with E-state index in [1.165, 1.54) is 5.56 Å². The Hall–Kier alpha value is -1.55. The van der Waals surface area contributed by atoms with Gasteiger partial charge < -0.3 is 14.4 Å². The van der Waals surface area contributed by atoms with Crippen LogP contribution in [0.3, 0.4) is 0 Å². The standard InChI is InChI=1S/C17H25NO3.C2H6/c1-17(2,3)21-16(19)18-11-9-15(10-12-18)20-13-14-7-5-4-6-8-14;1-2/h4-8,15H,9-13H2,1-3H3;1-2H3. The van der Waals surface area contributed by atoms with Gasteiger partial charge in [0.1, 0.15) is 5.60 Å². The zero-order valence-electron chi connectivity index (χ0n) is 15.2. The van der Waals surface area contributed by atoms with Gasteiger partial charge in [-0.2, -0.15) is 0 Å². The highest BCUT2D eigenvalue weighted by molar-refractivity contribution is 5.68. The first kappa shape index (κ1) is 19.5. The van der Waals surface area contributed by atoms with Gasteiger partial charge in [0.2, 0.25) is 0 Å². The molecule has 0 aromatic heterocycles. The molecular weight excluding hydrogens is 290 g/mol. The molecule has 1 fully saturated rings. The fourth-order valence-corrected chi connectivity index (χ4v) is 2.32. The summed E-state index contributed by atoms with van der Waals surface area (Å²) in [4.78, 5) is 13.7. The second kappa shape index (κ2) is 9.56. The Balaban J connectivity index is 0.00000127. The molecule has 0 radical (unpaired) electrons. The average Bonchev–Trinajstić information content (AvgIpc) is 2.55. The smallest absolute Gasteiger partial charge is 0.410 e. The van der Waals surface area contributed by atoms with E-state index >= 15 is 0 Å². The van der Waals surface area contributed by atoms with E-state index in [-0.39, 0.29) is 12.2 Å². The molecular formula is C19H31NO3. The third-order valence-electron chi connectivity index (χ3n) is 3.42. The molecule has 1 aliphatic heterocycles. The van der Waals surface area contributed by atoms with Gasteiger partial charge in [0.05, 0.1) is 12.7 Å². The van der Waals surface area contributed by atoms with Crippen LogP contribution in [-0.2, 0) is 16.1 Å². The molecule has 0 unspecified atom stereocenters. The van der Waals surface area contributed by atoms with Gasteiger partial charge in [0.25, 0.3) is 0 Å². The predicted molar refractivity (Wildman–Crippen MR) is 93.4 cm³/mol. The number of hydrogen-bond acceptors (Lipinski definition) is 3. The fraction of sp³-hybridized carbons (Fsp3) is 0.632. The normalized spacial score (nSPS) is 15.6. The highest BCUT2D eigenvalue weighted by atomic mass is 16.6. The van der Waals surface area contributed by atoms with Crippen molar-refractivity contribution in [1.29, 1.82) is 0 Å². The van der Waals surface area contributed by atoms with E-state index in [0.717, 1.165) is 12.8 Å². The average molecular weight is 321 g/mol. The van der Waals surface area contributed by atoms with E-state index in [2.05, 4.69) is 12.1 Å². The SMILES string of the molecule is CC.CC(C)(C)OC(=O)N1CCC(OCc2ccccc2)CC1. The number of amides is 1. The third kappa shape index (κ3) is 7.51. The summed E-state index contributed by atoms with van der Waals surface area (Å²) in [5.74, 6) is 0. The summed E-state index contributed by atoms with van der Waals surface area (Å²) in [6.45, 7) is 11.7. The van der Waals surface area contributed by atoms with Crippen molar-refractivity contribution in [2.45, 2.75) is 65.8 Å². The van der Waals surface area contributed by atoms with Crippen LogP contribution in [0.1, 0.15) is 53.0 Å². The summed E-state index contributed by atoms with van der Waals surface area (Å²) < 4.78 is 11.3. The van der Waals surface area contributed by atoms with E-state index in [1.807, 2.05) is 52.8 Å². The van der Waals surface area contributed by atoms with Crippen LogP contribution in [0.15, 0.2) is 30.3 Å². The second-order valence-electron chi connectivity index (χ2n) is 6.46. The van der Waals surface area contributed by atoms with Crippen molar-refractivity contribution in [1.82, 2.24) is 4.90 Å². The van der Waals surface area contributed by atoms with Gasteiger partial charge in [-0.25, -0.2) is 4.79 Å². The maximum Gasteiger partial charge on any atom is 0.410 e. The lowest BCUT2D eigenvalue weighted by Gasteiger charge is -2.33. The number of piperidine rings is 1. The van der Waals surface area contributed by atoms with E-state index in [9.17, 15) is 4.79 Å². The van der Waals surface area contributed by atoms with Crippen molar-refractivity contribution in [2.75, 3.05) is 13.1 Å². The lowest BCUT2D eigenvalue weighted by Crippen LogP contribution is -2.43. The topological polar surface area (TPSA) is 38.8 Å². The van der Waals surface area contributed by atoms with E-state index < -0.39 is 5.60 Å². The van der Waals surface area contributed by atoms with E-state index in [1.54, 1.807) is 4.90 Å². The quantitative estimate of drug-likeness (QED) is 0.815. The molecule has 1 aliphatic rings. The van der Waals surface area contributed by atoms with Crippen molar-refractivity contribution in [3.05, 3.63) is 35.9 Å². The second-order valence-corrected chi connectivity index (χ2v) is 6.46. The summed E-state index contributed by atoms with van der Waals surface area (Å²) in [6.07, 6.45) is 1.74. The van der Waals surface area contributed by atoms with Gasteiger partial charge in [0.15, 0.2) is 0 Å². The van der Waals surface area contributed by atoms with Gasteiger partial charge in [-0.3, -0.25) is 0 Å². The largest absolute Gasteiger partial charge is 0.444 e. The van der Waals surface area contributed by atoms with Crippen LogP contribution >= 0.6 is 0 Å². The first-order chi connectivity index (χ1) is 10.9. The van der Waals surface area contributed by atoms with Crippen LogP contribution in [0.5, 0.6) is 0 Å². The number of carbonyl (C=O) groups is 1. The molecule has 4 nitrogen and oxygen atoms in total. The molecule has 2 rings (SSSR count). The Morgan fingerprint density at radius 3 is 2.22 bits per heavy atom. The van der Waals surface area contributed by atoms with Crippen LogP contribution in [0.2, 0.25) is 0 Å². The molecule has 23 heavy (non-hydrogen) atoms. The minimum Gasteiger partial charge on any atom is -0.444 e. The fourth-order valence-electron chi connectivity index (χ4n) is 2.32. The summed E-state index contributed by atoms with van der Waals surface area (Å²) in [5.41, 5.74) is 0.754. The van der Waals surface area contributed by atoms with Crippen LogP contribution < -0.4 is 0 Å². The molecule has 1 aromatic rings. The van der Waals surface area contributed by atoms with Crippen molar-refractivity contribution in [3.63, 3.8) is 0 Å². The van der Waals surface area contributed by atoms with Gasteiger partial charge in [-0.05, 0) is 39.2 Å². The minimum absolute atomic E-state index is 0.219. The minimum atomic E-state index is -0.433. The molecule has 1 heterocycles. The number of rotatable bonds is 3. The number of nitrogens with zero attached hydrogens (tertiary/aromatic N) is 1. The highest BCUT2D eigenvalue weighted by Gasteiger charge is 2.27. The monoisotopic (exact) mass is 321 g/mol. The lowest BCUT2D eigenvalue weighted by molar-refractivity contribution is -0.0170. The summed E-state index contributed by atoms with van der Waals surface area (Å²) >= 11 is 0. The van der Waals surface area contributed by atoms with E-state index in [4.69, 9.17) is 9.47 Å². The lowest BCUT2D eigenvalue weighted by atomic mass is 10.1. The van der Waals surface area contributed by atoms with Crippen molar-refractivity contribution < 1.29 is 14.3 Å². The molecule has 1 aromatic carbocycles. The zero-order chi connectivity index (χ0) is 17.3. The predicted octanol–water partition coefficient (Wildman–Crippen LogP) is 4.63. The zero-order valence-corrected chi connectivity index (χ0v) is 15.2. The van der Waals surface area contributed by atoms with Gasteiger partial charge >= 0.3 is 6.09 Å². The first-order valence-electron chi connectivity index (χ1n) is 8.57. The molecule has 4 heteroatoms. The van der Waals surface area contributed by atoms with Crippen LogP contribution in [-0.4, -0.2) is 35.8 Å². The van der Waals surface area contributed by atoms with Crippen LogP contribution in [0.4, 0.5) is 4.79 Å². The molecule has 0 N–H and O–H groups in total. The van der Waals surface area contributed by atoms with Crippen LogP contribution in [0, 0.1) is 0 Å². The third-order valence-corrected chi connectivity index (χ3v) is 3.42. The Morgan fingerprint density at radius 1 is 1.13 bits per heavy atom. The Bertz CT molecular complexity index is 445. The van der Waals surface area contributed by atoms with Gasteiger partial charge in [0, 0.05) is 13.1 Å². The molecule has 130 valence electrons. The van der Waals surface area contributed by atoms with Gasteiger partial charge in [-0.1, -0.05) is 44.2 Å². The van der Waals surface area contributed by atoms with Gasteiger partial charge in [-0.15, -0.1) is 0 Å². The van der Waals surface area contributed by atoms with Crippen molar-refractivity contribution in [3.8, 4) is 0 Å². The molecule has 1 amide bonds. The molecule has 0 aliphatic carbocycles. The maximum atomic E-state index is 12.0. The highest BCUT2D eigenvalue weighted by Crippen LogP contribution is 2.18. The Labute approximate surface area is 140 Å². The number of ether oxygens (including phenoxy) is 2. The van der Waals surface area contributed by atoms with Crippen molar-refractivity contribution in [2.24, 2.45) is 0 Å². The summed E-state index contributed by atoms with van der Waals surface area (Å²) in [5, 5.41) is 0. The number of hydrogen-bond donors (Lipinski definition) is 0. The number of benzene rings is 1. The van der Waals surface area contributed by atoms with E-state index in [0.29, 0.717) is 19.7 Å². The van der Waals surface area contributed by atoms with Crippen molar-refractivity contribution >= 4 is 6.09 Å². The number of likely N-dealkylation sites (tertiary alicyclic amines) is 1. The number of carbonyl (C=O) groups excluding carboxylic acids is 1. The molecule has 0 saturated carbocycles. The summed E-state index contributed by atoms with van der Waals surface area (Å²) in [7, 11) is 0. The summed E-state index contributed by atoms with van der Waals surface area (Å²) in [6, 6.07) is 10.2. The Morgan fingerprint density at radius 2 is 1.70 bits per heavy atom. The Kier molecular flexibility index (Phi) is 8.10. The molecule has 0 spiro atoms. The van der Waals surface area contributed by atoms with Crippen LogP contribution in [0.25, 0.3) is 0 Å². The molecule has 0 bridgehead atoms. The molecule has 1 saturated heterocycles. The maximum absolute atomic E-state index is 12.0.